The molecule has 0 radical (unpaired) electrons. The lowest BCUT2D eigenvalue weighted by atomic mass is 10.1. The number of hydrogen-bond acceptors (Lipinski definition) is 4. The summed E-state index contributed by atoms with van der Waals surface area (Å²) in [5.41, 5.74) is 1.33. The maximum atomic E-state index is 5.81. The average Bonchev–Trinajstić information content (AvgIpc) is 3.23. The van der Waals surface area contributed by atoms with Gasteiger partial charge in [-0.05, 0) is 61.5 Å². The lowest BCUT2D eigenvalue weighted by molar-refractivity contribution is 0.242. The summed E-state index contributed by atoms with van der Waals surface area (Å²) in [5.74, 6) is 1.94. The van der Waals surface area contributed by atoms with Gasteiger partial charge in [0.25, 0.3) is 0 Å². The smallest absolute Gasteiger partial charge is 0.199 e. The maximum Gasteiger partial charge on any atom is 0.199 e. The molecule has 1 aliphatic rings. The summed E-state index contributed by atoms with van der Waals surface area (Å²) in [6.07, 6.45) is 4.54. The molecule has 1 aromatic carbocycles. The third kappa shape index (κ3) is 4.94. The predicted molar refractivity (Wildman–Crippen MR) is 114 cm³/mol. The molecule has 1 saturated carbocycles. The minimum atomic E-state index is 0.769. The van der Waals surface area contributed by atoms with Crippen molar-refractivity contribution in [3.05, 3.63) is 68.9 Å². The van der Waals surface area contributed by atoms with E-state index in [2.05, 4.69) is 64.4 Å². The lowest BCUT2D eigenvalue weighted by Crippen LogP contribution is -2.25. The summed E-state index contributed by atoms with van der Waals surface area (Å²) in [6, 6.07) is 14.9. The fraction of sp³-hybridized carbons (Fsp3) is 0.429. The van der Waals surface area contributed by atoms with Crippen LogP contribution in [0.2, 0.25) is 0 Å². The van der Waals surface area contributed by atoms with Crippen molar-refractivity contribution < 1.29 is 0 Å². The van der Waals surface area contributed by atoms with E-state index in [4.69, 9.17) is 17.3 Å². The molecule has 1 aliphatic carbocycles. The molecule has 0 atom stereocenters. The number of hydrogen-bond donors (Lipinski definition) is 0. The molecule has 0 amide bonds. The predicted octanol–water partition coefficient (Wildman–Crippen LogP) is 4.61. The fourth-order valence-electron chi connectivity index (χ4n) is 3.42. The Kier molecular flexibility index (Phi) is 5.86. The van der Waals surface area contributed by atoms with Crippen LogP contribution in [0, 0.1) is 10.7 Å². The Morgan fingerprint density at radius 2 is 2.00 bits per heavy atom. The van der Waals surface area contributed by atoms with Gasteiger partial charge in [0.15, 0.2) is 4.77 Å². The normalized spacial score (nSPS) is 14.1. The van der Waals surface area contributed by atoms with Crippen molar-refractivity contribution in [2.45, 2.75) is 38.9 Å². The van der Waals surface area contributed by atoms with Gasteiger partial charge in [0, 0.05) is 24.4 Å². The van der Waals surface area contributed by atoms with Crippen molar-refractivity contribution in [3.8, 4) is 0 Å². The molecule has 142 valence electrons. The van der Waals surface area contributed by atoms with Crippen LogP contribution in [0.1, 0.15) is 29.1 Å². The highest BCUT2D eigenvalue weighted by Gasteiger charge is 2.23. The molecule has 27 heavy (non-hydrogen) atoms. The number of nitrogens with zero attached hydrogens (tertiary/aromatic N) is 4. The van der Waals surface area contributed by atoms with Gasteiger partial charge in [-0.3, -0.25) is 4.90 Å². The van der Waals surface area contributed by atoms with Crippen LogP contribution in [-0.4, -0.2) is 32.8 Å². The number of benzene rings is 1. The van der Waals surface area contributed by atoms with Gasteiger partial charge in [0.1, 0.15) is 5.82 Å². The van der Waals surface area contributed by atoms with Gasteiger partial charge in [0.2, 0.25) is 0 Å². The van der Waals surface area contributed by atoms with E-state index in [0.29, 0.717) is 0 Å². The van der Waals surface area contributed by atoms with Crippen molar-refractivity contribution in [3.63, 3.8) is 0 Å². The molecular weight excluding hydrogens is 372 g/mol. The van der Waals surface area contributed by atoms with Gasteiger partial charge in [-0.1, -0.05) is 36.4 Å². The van der Waals surface area contributed by atoms with E-state index in [1.54, 1.807) is 11.3 Å². The Labute approximate surface area is 170 Å². The zero-order valence-electron chi connectivity index (χ0n) is 15.8. The largest absolute Gasteiger partial charge is 0.303 e. The molecule has 0 spiro atoms. The quantitative estimate of drug-likeness (QED) is 0.492. The van der Waals surface area contributed by atoms with E-state index in [9.17, 15) is 0 Å². The molecule has 0 aliphatic heterocycles. The van der Waals surface area contributed by atoms with E-state index in [1.165, 1.54) is 23.3 Å². The van der Waals surface area contributed by atoms with Crippen LogP contribution in [0.15, 0.2) is 47.8 Å². The first kappa shape index (κ1) is 18.6. The summed E-state index contributed by atoms with van der Waals surface area (Å²) < 4.78 is 5.07. The van der Waals surface area contributed by atoms with E-state index in [1.807, 2.05) is 4.68 Å². The molecule has 0 N–H and O–H groups in total. The summed E-state index contributed by atoms with van der Waals surface area (Å²) >= 11 is 7.59. The molecule has 0 unspecified atom stereocenters. The van der Waals surface area contributed by atoms with E-state index in [0.717, 1.165) is 49.1 Å². The molecular formula is C21H26N4S2. The second kappa shape index (κ2) is 8.50. The standard InChI is InChI=1S/C21H26N4S2/c1-23(15-18-9-10-18)16-25-21(26)24(12-11-17-6-3-2-4-7-17)20(22-25)14-19-8-5-13-27-19/h2-8,13,18H,9-12,14-16H2,1H3. The topological polar surface area (TPSA) is 26.0 Å². The van der Waals surface area contributed by atoms with Crippen LogP contribution >= 0.6 is 23.6 Å². The summed E-state index contributed by atoms with van der Waals surface area (Å²) in [5, 5.41) is 7.03. The van der Waals surface area contributed by atoms with Crippen molar-refractivity contribution in [2.75, 3.05) is 13.6 Å². The third-order valence-electron chi connectivity index (χ3n) is 5.02. The van der Waals surface area contributed by atoms with Gasteiger partial charge in [-0.2, -0.15) is 5.10 Å². The molecule has 4 rings (SSSR count). The number of aromatic nitrogens is 3. The Hall–Kier alpha value is -1.76. The van der Waals surface area contributed by atoms with Gasteiger partial charge in [0.05, 0.1) is 6.67 Å². The molecule has 6 heteroatoms. The summed E-state index contributed by atoms with van der Waals surface area (Å²) in [7, 11) is 2.17. The minimum absolute atomic E-state index is 0.769. The van der Waals surface area contributed by atoms with Gasteiger partial charge in [-0.15, -0.1) is 11.3 Å². The second-order valence-corrected chi connectivity index (χ2v) is 8.86. The highest BCUT2D eigenvalue weighted by atomic mass is 32.1. The van der Waals surface area contributed by atoms with E-state index in [-0.39, 0.29) is 0 Å². The average molecular weight is 399 g/mol. The fourth-order valence-corrected chi connectivity index (χ4v) is 4.41. The number of rotatable bonds is 9. The van der Waals surface area contributed by atoms with Gasteiger partial charge >= 0.3 is 0 Å². The van der Waals surface area contributed by atoms with Crippen LogP contribution in [0.25, 0.3) is 0 Å². The first-order valence-corrected chi connectivity index (χ1v) is 10.9. The number of thiophene rings is 1. The van der Waals surface area contributed by atoms with Crippen LogP contribution in [0.3, 0.4) is 0 Å². The molecule has 0 bridgehead atoms. The molecule has 1 fully saturated rings. The van der Waals surface area contributed by atoms with Gasteiger partial charge in [-0.25, -0.2) is 4.68 Å². The first-order valence-electron chi connectivity index (χ1n) is 9.60. The maximum absolute atomic E-state index is 5.81. The van der Waals surface area contributed by atoms with Crippen LogP contribution in [-0.2, 0) is 26.1 Å². The van der Waals surface area contributed by atoms with E-state index < -0.39 is 0 Å². The summed E-state index contributed by atoms with van der Waals surface area (Å²) in [4.78, 5) is 3.67. The highest BCUT2D eigenvalue weighted by molar-refractivity contribution is 7.71. The van der Waals surface area contributed by atoms with Gasteiger partial charge < -0.3 is 4.57 Å². The first-order chi connectivity index (χ1) is 13.2. The van der Waals surface area contributed by atoms with E-state index >= 15 is 0 Å². The molecule has 0 saturated heterocycles. The molecule has 2 aromatic heterocycles. The zero-order valence-corrected chi connectivity index (χ0v) is 17.4. The minimum Gasteiger partial charge on any atom is -0.303 e. The molecule has 2 heterocycles. The van der Waals surface area contributed by atoms with Crippen molar-refractivity contribution in [1.29, 1.82) is 0 Å². The Balaban J connectivity index is 1.54. The van der Waals surface area contributed by atoms with Crippen molar-refractivity contribution in [1.82, 2.24) is 19.2 Å². The Bertz CT molecular complexity index is 908. The highest BCUT2D eigenvalue weighted by Crippen LogP contribution is 2.29. The molecule has 3 aromatic rings. The SMILES string of the molecule is CN(CC1CC1)Cn1nc(Cc2cccs2)n(CCc2ccccc2)c1=S. The van der Waals surface area contributed by atoms with Crippen molar-refractivity contribution in [2.24, 2.45) is 5.92 Å². The van der Waals surface area contributed by atoms with Crippen LogP contribution in [0.5, 0.6) is 0 Å². The monoisotopic (exact) mass is 398 g/mol. The van der Waals surface area contributed by atoms with Crippen LogP contribution in [0.4, 0.5) is 0 Å². The third-order valence-corrected chi connectivity index (χ3v) is 6.33. The van der Waals surface area contributed by atoms with Crippen molar-refractivity contribution >= 4 is 23.6 Å². The Morgan fingerprint density at radius 1 is 1.19 bits per heavy atom. The molecule has 4 nitrogen and oxygen atoms in total. The van der Waals surface area contributed by atoms with Crippen LogP contribution < -0.4 is 0 Å². The second-order valence-electron chi connectivity index (χ2n) is 7.47. The Morgan fingerprint density at radius 3 is 2.70 bits per heavy atom. The lowest BCUT2D eigenvalue weighted by Gasteiger charge is -2.15. The number of aryl methyl sites for hydroxylation is 1. The zero-order chi connectivity index (χ0) is 18.6. The summed E-state index contributed by atoms with van der Waals surface area (Å²) in [6.45, 7) is 2.78.